The van der Waals surface area contributed by atoms with Crippen LogP contribution in [0.3, 0.4) is 0 Å². The number of Topliss-reactive ketones (excluding diaryl/α,β-unsaturated/α-hetero) is 1. The number of rotatable bonds is 15. The van der Waals surface area contributed by atoms with Gasteiger partial charge in [-0.15, -0.1) is 11.8 Å². The molecular formula is C44H48ClF3N4O3S2. The zero-order valence-electron chi connectivity index (χ0n) is 32.0. The number of hydrogen-bond donors (Lipinski definition) is 2. The van der Waals surface area contributed by atoms with Crippen molar-refractivity contribution in [1.29, 1.82) is 0 Å². The summed E-state index contributed by atoms with van der Waals surface area (Å²) >= 11 is 7.64. The summed E-state index contributed by atoms with van der Waals surface area (Å²) in [6.45, 7) is 2.20. The topological polar surface area (TPSA) is 95.7 Å². The third-order valence-electron chi connectivity index (χ3n) is 10.9. The first kappa shape index (κ1) is 42.8. The number of sulfonamides is 1. The third kappa shape index (κ3) is 10.1. The molecule has 6 rings (SSSR count). The smallest absolute Gasteiger partial charge is 0.309 e. The van der Waals surface area contributed by atoms with Gasteiger partial charge in [-0.2, -0.15) is 13.2 Å². The minimum atomic E-state index is -5.02. The second-order valence-corrected chi connectivity index (χ2v) is 18.2. The number of primary sulfonamides is 1. The Balaban J connectivity index is 1.38. The van der Waals surface area contributed by atoms with Crippen LogP contribution in [0, 0.1) is 11.3 Å². The average molecular weight is 837 g/mol. The number of allylic oxidation sites excluding steroid dienone is 5. The van der Waals surface area contributed by atoms with Gasteiger partial charge < -0.3 is 4.90 Å². The van der Waals surface area contributed by atoms with E-state index in [0.29, 0.717) is 55.9 Å². The van der Waals surface area contributed by atoms with E-state index in [-0.39, 0.29) is 6.42 Å². The van der Waals surface area contributed by atoms with Crippen molar-refractivity contribution in [2.24, 2.45) is 16.5 Å². The van der Waals surface area contributed by atoms with Crippen molar-refractivity contribution < 1.29 is 26.4 Å². The minimum Gasteiger partial charge on any atom is -0.309 e. The number of hydrogen-bond acceptors (Lipinski definition) is 7. The van der Waals surface area contributed by atoms with E-state index >= 15 is 18.0 Å². The van der Waals surface area contributed by atoms with Crippen LogP contribution in [0.25, 0.3) is 11.1 Å². The van der Waals surface area contributed by atoms with Crippen LogP contribution in [0.15, 0.2) is 143 Å². The largest absolute Gasteiger partial charge is 0.397 e. The van der Waals surface area contributed by atoms with Gasteiger partial charge in [0.1, 0.15) is 11.5 Å². The van der Waals surface area contributed by atoms with E-state index in [1.54, 1.807) is 18.2 Å². The number of thioether (sulfide) groups is 1. The molecule has 57 heavy (non-hydrogen) atoms. The Hall–Kier alpha value is -3.75. The van der Waals surface area contributed by atoms with Gasteiger partial charge in [0.05, 0.1) is 10.3 Å². The number of carbonyl (C=O) groups is 1. The van der Waals surface area contributed by atoms with Crippen molar-refractivity contribution in [3.63, 3.8) is 0 Å². The van der Waals surface area contributed by atoms with E-state index in [1.807, 2.05) is 97.9 Å². The number of nitrogens with two attached hydrogens (primary N) is 1. The summed E-state index contributed by atoms with van der Waals surface area (Å²) in [5, 5.41) is 9.32. The van der Waals surface area contributed by atoms with Crippen molar-refractivity contribution in [2.45, 2.75) is 48.5 Å². The molecule has 2 aliphatic carbocycles. The number of nitrogens with zero attached hydrogens (tertiary/aromatic N) is 2. The summed E-state index contributed by atoms with van der Waals surface area (Å²) in [6.07, 6.45) is 7.82. The highest BCUT2D eigenvalue weighted by atomic mass is 35.5. The molecule has 1 aliphatic heterocycles. The minimum absolute atomic E-state index is 0.155. The first-order valence-corrected chi connectivity index (χ1v) is 21.8. The Morgan fingerprint density at radius 3 is 2.39 bits per heavy atom. The lowest BCUT2D eigenvalue weighted by atomic mass is 9.61. The van der Waals surface area contributed by atoms with Crippen LogP contribution in [0.2, 0.25) is 5.02 Å². The van der Waals surface area contributed by atoms with Gasteiger partial charge in [-0.25, -0.2) is 13.6 Å². The lowest BCUT2D eigenvalue weighted by Gasteiger charge is -2.48. The summed E-state index contributed by atoms with van der Waals surface area (Å²) in [4.78, 5) is 20.1. The predicted molar refractivity (Wildman–Crippen MR) is 225 cm³/mol. The molecule has 302 valence electrons. The van der Waals surface area contributed by atoms with Gasteiger partial charge in [-0.05, 0) is 93.0 Å². The van der Waals surface area contributed by atoms with Crippen molar-refractivity contribution in [2.75, 3.05) is 39.5 Å². The first-order valence-electron chi connectivity index (χ1n) is 18.9. The van der Waals surface area contributed by atoms with E-state index in [4.69, 9.17) is 16.7 Å². The second-order valence-electron chi connectivity index (χ2n) is 15.1. The van der Waals surface area contributed by atoms with Gasteiger partial charge in [-0.1, -0.05) is 108 Å². The Kier molecular flexibility index (Phi) is 13.6. The van der Waals surface area contributed by atoms with Crippen LogP contribution in [-0.4, -0.2) is 81.2 Å². The first-order chi connectivity index (χ1) is 27.1. The van der Waals surface area contributed by atoms with Gasteiger partial charge in [0.15, 0.2) is 5.78 Å². The van der Waals surface area contributed by atoms with Crippen LogP contribution < -0.4 is 10.5 Å². The van der Waals surface area contributed by atoms with Crippen molar-refractivity contribution >= 4 is 39.2 Å². The fourth-order valence-electron chi connectivity index (χ4n) is 7.91. The molecule has 0 saturated heterocycles. The third-order valence-corrected chi connectivity index (χ3v) is 13.2. The molecule has 1 heterocycles. The number of alkyl halides is 3. The molecule has 3 unspecified atom stereocenters. The summed E-state index contributed by atoms with van der Waals surface area (Å²) in [5.74, 6) is -2.86. The molecule has 0 fully saturated rings. The highest BCUT2D eigenvalue weighted by Crippen LogP contribution is 2.50. The molecule has 4 atom stereocenters. The highest BCUT2D eigenvalue weighted by molar-refractivity contribution is 7.99. The average Bonchev–Trinajstić information content (AvgIpc) is 3.19. The molecule has 0 aromatic heterocycles. The van der Waals surface area contributed by atoms with Crippen LogP contribution in [0.5, 0.6) is 0 Å². The Labute approximate surface area is 343 Å². The molecule has 3 aliphatic rings. The van der Waals surface area contributed by atoms with E-state index in [0.717, 1.165) is 39.3 Å². The van der Waals surface area contributed by atoms with Gasteiger partial charge in [0, 0.05) is 41.3 Å². The molecule has 0 amide bonds. The van der Waals surface area contributed by atoms with Crippen molar-refractivity contribution in [3.8, 4) is 11.1 Å². The molecule has 7 nitrogen and oxygen atoms in total. The molecule has 0 bridgehead atoms. The van der Waals surface area contributed by atoms with Crippen molar-refractivity contribution in [3.05, 3.63) is 149 Å². The van der Waals surface area contributed by atoms with E-state index in [2.05, 4.69) is 22.3 Å². The Morgan fingerprint density at radius 2 is 1.75 bits per heavy atom. The number of carbonyl (C=O) groups excluding carboxylic acids is 1. The normalized spacial score (nSPS) is 23.3. The van der Waals surface area contributed by atoms with Gasteiger partial charge in [0.25, 0.3) is 0 Å². The van der Waals surface area contributed by atoms with Gasteiger partial charge >= 0.3 is 6.18 Å². The summed E-state index contributed by atoms with van der Waals surface area (Å²) in [7, 11) is -0.769. The second kappa shape index (κ2) is 18.0. The van der Waals surface area contributed by atoms with Crippen LogP contribution in [-0.2, 0) is 21.4 Å². The summed E-state index contributed by atoms with van der Waals surface area (Å²) in [6, 6.07) is 24.8. The van der Waals surface area contributed by atoms with E-state index in [1.165, 1.54) is 11.8 Å². The Bertz CT molecular complexity index is 2170. The van der Waals surface area contributed by atoms with Crippen molar-refractivity contribution in [1.82, 2.24) is 15.1 Å². The fraction of sp³-hybridized carbons (Fsp3) is 0.341. The molecule has 3 N–H and O–H groups in total. The van der Waals surface area contributed by atoms with Crippen LogP contribution in [0.4, 0.5) is 13.2 Å². The maximum Gasteiger partial charge on any atom is 0.397 e. The zero-order valence-corrected chi connectivity index (χ0v) is 34.3. The molecular weight excluding hydrogens is 789 g/mol. The zero-order chi connectivity index (χ0) is 40.8. The fourth-order valence-corrected chi connectivity index (χ4v) is 9.61. The predicted octanol–water partition coefficient (Wildman–Crippen LogP) is 8.57. The maximum absolute atomic E-state index is 15.7. The quantitative estimate of drug-likeness (QED) is 0.117. The molecule has 0 radical (unpaired) electrons. The van der Waals surface area contributed by atoms with E-state index in [9.17, 15) is 8.42 Å². The lowest BCUT2D eigenvalue weighted by molar-refractivity contribution is -0.183. The Morgan fingerprint density at radius 1 is 1.04 bits per heavy atom. The van der Waals surface area contributed by atoms with Crippen LogP contribution in [0.1, 0.15) is 24.8 Å². The number of nitrogens with one attached hydrogen (secondary N) is 1. The summed E-state index contributed by atoms with van der Waals surface area (Å²) < 4.78 is 71.7. The molecule has 3 aromatic rings. The molecule has 13 heteroatoms. The molecule has 0 spiro atoms. The lowest BCUT2D eigenvalue weighted by Crippen LogP contribution is -2.67. The number of benzene rings is 3. The number of halogens is 4. The molecule has 3 aromatic carbocycles. The van der Waals surface area contributed by atoms with Crippen LogP contribution >= 0.6 is 23.4 Å². The standard InChI is InChI=1S/C44H48ClF3N4O3S2/c1-51(2)26-22-36(31-56-37-12-5-3-6-13-37)50-43(25-19-38(57(49,54)55)29-40(43)44(46,47)48)41(53)42(23-9-4-10-24-42)34-20-27-52(28-21-34)30-33-11-7-8-14-39(33)32-15-17-35(45)18-16-32/h3-20,23,25,29,36,40,50H,21-22,24,26-28,30-31H2,1-2H3,(H2,49,54,55)/t36-,40?,42?,43?/m1/s1. The molecule has 0 saturated carbocycles. The summed E-state index contributed by atoms with van der Waals surface area (Å²) in [5.41, 5.74) is 0.152. The monoisotopic (exact) mass is 836 g/mol. The van der Waals surface area contributed by atoms with Gasteiger partial charge in [0.2, 0.25) is 10.0 Å². The SMILES string of the molecule is CN(C)CC[C@H](CSc1ccccc1)NC1(C(=O)C2(C3=CCN(Cc4ccccc4-c4ccc(Cl)cc4)CC3)C=CC=CC2)C=CC(S(N)(=O)=O)=CC1C(F)(F)F. The van der Waals surface area contributed by atoms with Gasteiger partial charge in [-0.3, -0.25) is 15.0 Å². The maximum atomic E-state index is 15.7. The highest BCUT2D eigenvalue weighted by Gasteiger charge is 2.61. The number of ketones is 1. The van der Waals surface area contributed by atoms with E-state index < -0.39 is 49.8 Å².